The van der Waals surface area contributed by atoms with Gasteiger partial charge in [-0.25, -0.2) is 9.97 Å². The van der Waals surface area contributed by atoms with Crippen molar-refractivity contribution in [1.82, 2.24) is 15.3 Å². The molecule has 0 aromatic carbocycles. The van der Waals surface area contributed by atoms with Crippen LogP contribution in [0.3, 0.4) is 0 Å². The lowest BCUT2D eigenvalue weighted by Gasteiger charge is -2.34. The van der Waals surface area contributed by atoms with Crippen LogP contribution in [0, 0.1) is 11.8 Å². The fourth-order valence-corrected chi connectivity index (χ4v) is 2.75. The van der Waals surface area contributed by atoms with E-state index in [-0.39, 0.29) is 11.9 Å². The first kappa shape index (κ1) is 14.8. The molecule has 110 valence electrons. The van der Waals surface area contributed by atoms with E-state index in [1.165, 1.54) is 19.0 Å². The van der Waals surface area contributed by atoms with Gasteiger partial charge in [0.2, 0.25) is 0 Å². The van der Waals surface area contributed by atoms with Crippen molar-refractivity contribution in [2.24, 2.45) is 11.8 Å². The van der Waals surface area contributed by atoms with Crippen molar-refractivity contribution in [3.8, 4) is 0 Å². The van der Waals surface area contributed by atoms with Crippen LogP contribution in [0.15, 0.2) is 12.4 Å². The minimum Gasteiger partial charge on any atom is -0.369 e. The number of aromatic nitrogens is 2. The van der Waals surface area contributed by atoms with Crippen LogP contribution < -0.4 is 10.6 Å². The van der Waals surface area contributed by atoms with E-state index in [0.29, 0.717) is 23.3 Å². The summed E-state index contributed by atoms with van der Waals surface area (Å²) in [7, 11) is 0. The molecule has 1 aliphatic carbocycles. The van der Waals surface area contributed by atoms with Gasteiger partial charge >= 0.3 is 0 Å². The lowest BCUT2D eigenvalue weighted by Crippen LogP contribution is -2.43. The molecule has 1 aromatic heterocycles. The van der Waals surface area contributed by atoms with Gasteiger partial charge in [-0.05, 0) is 25.2 Å². The maximum absolute atomic E-state index is 12.2. The third kappa shape index (κ3) is 3.46. The van der Waals surface area contributed by atoms with Gasteiger partial charge in [-0.15, -0.1) is 0 Å². The van der Waals surface area contributed by atoms with Gasteiger partial charge in [0.05, 0.1) is 12.4 Å². The highest BCUT2D eigenvalue weighted by Crippen LogP contribution is 2.29. The van der Waals surface area contributed by atoms with E-state index in [4.69, 9.17) is 0 Å². The van der Waals surface area contributed by atoms with E-state index >= 15 is 0 Å². The van der Waals surface area contributed by atoms with E-state index in [0.717, 1.165) is 13.0 Å². The standard InChI is InChI=1S/C15H24N4O/c1-4-16-14-9-17-13(8-18-14)15(20)19-12-7-5-6-10(2)11(12)3/h8-12H,4-7H2,1-3H3,(H,16,18)(H,19,20). The first-order valence-electron chi connectivity index (χ1n) is 7.48. The van der Waals surface area contributed by atoms with Crippen molar-refractivity contribution in [2.45, 2.75) is 46.1 Å². The second-order valence-corrected chi connectivity index (χ2v) is 5.66. The van der Waals surface area contributed by atoms with Crippen LogP contribution in [0.25, 0.3) is 0 Å². The highest BCUT2D eigenvalue weighted by Gasteiger charge is 2.28. The predicted molar refractivity (Wildman–Crippen MR) is 79.6 cm³/mol. The molecule has 0 radical (unpaired) electrons. The molecule has 1 fully saturated rings. The highest BCUT2D eigenvalue weighted by atomic mass is 16.1. The molecule has 3 unspecified atom stereocenters. The van der Waals surface area contributed by atoms with E-state index in [1.54, 1.807) is 6.20 Å². The van der Waals surface area contributed by atoms with E-state index in [9.17, 15) is 4.79 Å². The van der Waals surface area contributed by atoms with E-state index in [1.807, 2.05) is 6.92 Å². The Balaban J connectivity index is 1.97. The minimum absolute atomic E-state index is 0.119. The summed E-state index contributed by atoms with van der Waals surface area (Å²) in [5, 5.41) is 6.17. The van der Waals surface area contributed by atoms with Gasteiger partial charge in [-0.1, -0.05) is 26.7 Å². The zero-order chi connectivity index (χ0) is 14.5. The number of nitrogens with one attached hydrogen (secondary N) is 2. The van der Waals surface area contributed by atoms with Crippen LogP contribution in [-0.2, 0) is 0 Å². The lowest BCUT2D eigenvalue weighted by molar-refractivity contribution is 0.0885. The molecule has 0 bridgehead atoms. The fourth-order valence-electron chi connectivity index (χ4n) is 2.75. The first-order valence-corrected chi connectivity index (χ1v) is 7.48. The van der Waals surface area contributed by atoms with Gasteiger partial charge in [0.15, 0.2) is 0 Å². The van der Waals surface area contributed by atoms with Crippen molar-refractivity contribution in [1.29, 1.82) is 0 Å². The van der Waals surface area contributed by atoms with Crippen molar-refractivity contribution in [2.75, 3.05) is 11.9 Å². The van der Waals surface area contributed by atoms with Crippen LogP contribution in [0.5, 0.6) is 0 Å². The Morgan fingerprint density at radius 2 is 2.10 bits per heavy atom. The van der Waals surface area contributed by atoms with E-state index < -0.39 is 0 Å². The molecule has 5 nitrogen and oxygen atoms in total. The largest absolute Gasteiger partial charge is 0.369 e. The van der Waals surface area contributed by atoms with Gasteiger partial charge in [0.25, 0.3) is 5.91 Å². The molecular formula is C15H24N4O. The van der Waals surface area contributed by atoms with Gasteiger partial charge in [-0.3, -0.25) is 4.79 Å². The molecule has 2 N–H and O–H groups in total. The molecule has 20 heavy (non-hydrogen) atoms. The number of hydrogen-bond donors (Lipinski definition) is 2. The van der Waals surface area contributed by atoms with Crippen LogP contribution >= 0.6 is 0 Å². The summed E-state index contributed by atoms with van der Waals surface area (Å²) in [5.41, 5.74) is 0.386. The quantitative estimate of drug-likeness (QED) is 0.886. The van der Waals surface area contributed by atoms with Gasteiger partial charge in [-0.2, -0.15) is 0 Å². The second kappa shape index (κ2) is 6.68. The number of nitrogens with zero attached hydrogens (tertiary/aromatic N) is 2. The van der Waals surface area contributed by atoms with Gasteiger partial charge in [0, 0.05) is 12.6 Å². The SMILES string of the molecule is CCNc1cnc(C(=O)NC2CCCC(C)C2C)cn1. The molecule has 1 saturated carbocycles. The number of carbonyl (C=O) groups is 1. The summed E-state index contributed by atoms with van der Waals surface area (Å²) in [6.45, 7) is 7.26. The summed E-state index contributed by atoms with van der Waals surface area (Å²) >= 11 is 0. The maximum Gasteiger partial charge on any atom is 0.271 e. The minimum atomic E-state index is -0.119. The third-order valence-corrected chi connectivity index (χ3v) is 4.27. The van der Waals surface area contributed by atoms with Crippen LogP contribution in [-0.4, -0.2) is 28.5 Å². The molecule has 0 saturated heterocycles. The highest BCUT2D eigenvalue weighted by molar-refractivity contribution is 5.92. The number of carbonyl (C=O) groups excluding carboxylic acids is 1. The zero-order valence-corrected chi connectivity index (χ0v) is 12.5. The van der Waals surface area contributed by atoms with Crippen molar-refractivity contribution in [3.05, 3.63) is 18.1 Å². The van der Waals surface area contributed by atoms with Crippen LogP contribution in [0.1, 0.15) is 50.5 Å². The number of amides is 1. The predicted octanol–water partition coefficient (Wildman–Crippen LogP) is 2.46. The summed E-state index contributed by atoms with van der Waals surface area (Å²) in [6, 6.07) is 0.251. The molecule has 5 heteroatoms. The molecule has 1 amide bonds. The monoisotopic (exact) mass is 276 g/mol. The number of hydrogen-bond acceptors (Lipinski definition) is 4. The normalized spacial score (nSPS) is 26.1. The van der Waals surface area contributed by atoms with E-state index in [2.05, 4.69) is 34.4 Å². The summed E-state index contributed by atoms with van der Waals surface area (Å²) in [4.78, 5) is 20.6. The lowest BCUT2D eigenvalue weighted by atomic mass is 9.78. The molecule has 3 atom stereocenters. The Bertz CT molecular complexity index is 446. The first-order chi connectivity index (χ1) is 9.61. The fraction of sp³-hybridized carbons (Fsp3) is 0.667. The number of anilines is 1. The van der Waals surface area contributed by atoms with Crippen molar-refractivity contribution in [3.63, 3.8) is 0 Å². The number of rotatable bonds is 4. The zero-order valence-electron chi connectivity index (χ0n) is 12.5. The molecule has 0 aliphatic heterocycles. The summed E-state index contributed by atoms with van der Waals surface area (Å²) in [6.07, 6.45) is 6.63. The second-order valence-electron chi connectivity index (χ2n) is 5.66. The molecule has 1 aliphatic rings. The maximum atomic E-state index is 12.2. The van der Waals surface area contributed by atoms with Gasteiger partial charge < -0.3 is 10.6 Å². The smallest absolute Gasteiger partial charge is 0.271 e. The van der Waals surface area contributed by atoms with Crippen LogP contribution in [0.2, 0.25) is 0 Å². The van der Waals surface area contributed by atoms with Crippen molar-refractivity contribution >= 4 is 11.7 Å². The Morgan fingerprint density at radius 1 is 1.30 bits per heavy atom. The van der Waals surface area contributed by atoms with Gasteiger partial charge in [0.1, 0.15) is 11.5 Å². The Kier molecular flexibility index (Phi) is 4.93. The molecule has 1 aromatic rings. The van der Waals surface area contributed by atoms with Crippen LogP contribution in [0.4, 0.5) is 5.82 Å². The third-order valence-electron chi connectivity index (χ3n) is 4.27. The summed E-state index contributed by atoms with van der Waals surface area (Å²) in [5.74, 6) is 1.76. The Morgan fingerprint density at radius 3 is 2.75 bits per heavy atom. The molecule has 1 heterocycles. The Labute approximate surface area is 120 Å². The Hall–Kier alpha value is -1.65. The summed E-state index contributed by atoms with van der Waals surface area (Å²) < 4.78 is 0. The van der Waals surface area contributed by atoms with Crippen molar-refractivity contribution < 1.29 is 4.79 Å². The topological polar surface area (TPSA) is 66.9 Å². The average molecular weight is 276 g/mol. The average Bonchev–Trinajstić information content (AvgIpc) is 2.45. The molecular weight excluding hydrogens is 252 g/mol. The molecule has 0 spiro atoms. The molecule has 2 rings (SSSR count).